The topological polar surface area (TPSA) is 69.8 Å². The van der Waals surface area contributed by atoms with Crippen LogP contribution in [0, 0.1) is 0 Å². The fourth-order valence-electron chi connectivity index (χ4n) is 2.75. The molecule has 0 atom stereocenters. The molecule has 22 heavy (non-hydrogen) atoms. The Hall–Kier alpha value is -2.53. The number of amides is 1. The number of fused-ring (bicyclic) bond motifs is 2. The molecule has 2 heterocycles. The number of hydrogen-bond donors (Lipinski definition) is 3. The standard InChI is InChI=1S/C16H13ClN4O/c17-12-3-4-13(15-11(12)8-19-16(15)22)18-6-9-1-2-10-7-20-21-14(10)5-9/h1-5,7,18H,6,8H2,(H,19,22)(H,20,21). The minimum absolute atomic E-state index is 0.0796. The van der Waals surface area contributed by atoms with Gasteiger partial charge in [0.1, 0.15) is 0 Å². The van der Waals surface area contributed by atoms with Crippen molar-refractivity contribution in [1.29, 1.82) is 0 Å². The van der Waals surface area contributed by atoms with Crippen LogP contribution in [0.2, 0.25) is 5.02 Å². The molecule has 0 fully saturated rings. The van der Waals surface area contributed by atoms with E-state index in [9.17, 15) is 4.79 Å². The van der Waals surface area contributed by atoms with Gasteiger partial charge in [0.2, 0.25) is 0 Å². The second-order valence-electron chi connectivity index (χ2n) is 5.28. The number of benzene rings is 2. The molecule has 6 heteroatoms. The van der Waals surface area contributed by atoms with Crippen LogP contribution in [-0.2, 0) is 13.1 Å². The first-order valence-corrected chi connectivity index (χ1v) is 7.35. The molecule has 1 aliphatic heterocycles. The van der Waals surface area contributed by atoms with E-state index in [-0.39, 0.29) is 5.91 Å². The molecule has 3 aromatic rings. The van der Waals surface area contributed by atoms with Crippen molar-refractivity contribution in [3.05, 3.63) is 58.2 Å². The maximum Gasteiger partial charge on any atom is 0.254 e. The molecule has 2 aromatic carbocycles. The molecule has 0 aliphatic carbocycles. The molecule has 0 saturated carbocycles. The Morgan fingerprint density at radius 3 is 3.09 bits per heavy atom. The van der Waals surface area contributed by atoms with E-state index in [4.69, 9.17) is 11.6 Å². The number of nitrogens with zero attached hydrogens (tertiary/aromatic N) is 1. The van der Waals surface area contributed by atoms with E-state index in [2.05, 4.69) is 20.8 Å². The van der Waals surface area contributed by atoms with E-state index in [1.54, 1.807) is 6.20 Å². The second kappa shape index (κ2) is 5.03. The Morgan fingerprint density at radius 1 is 1.27 bits per heavy atom. The fourth-order valence-corrected chi connectivity index (χ4v) is 2.97. The summed E-state index contributed by atoms with van der Waals surface area (Å²) in [6.07, 6.45) is 1.79. The fraction of sp³-hybridized carbons (Fsp3) is 0.125. The summed E-state index contributed by atoms with van der Waals surface area (Å²) in [5.74, 6) is -0.0796. The van der Waals surface area contributed by atoms with E-state index in [0.717, 1.165) is 27.7 Å². The van der Waals surface area contributed by atoms with Crippen LogP contribution < -0.4 is 10.6 Å². The zero-order valence-corrected chi connectivity index (χ0v) is 12.4. The number of nitrogens with one attached hydrogen (secondary N) is 3. The lowest BCUT2D eigenvalue weighted by atomic mass is 10.1. The number of anilines is 1. The summed E-state index contributed by atoms with van der Waals surface area (Å²) in [4.78, 5) is 12.0. The second-order valence-corrected chi connectivity index (χ2v) is 5.68. The monoisotopic (exact) mass is 312 g/mol. The van der Waals surface area contributed by atoms with Crippen LogP contribution in [0.25, 0.3) is 10.9 Å². The van der Waals surface area contributed by atoms with Crippen molar-refractivity contribution >= 4 is 34.1 Å². The van der Waals surface area contributed by atoms with E-state index in [0.29, 0.717) is 23.7 Å². The lowest BCUT2D eigenvalue weighted by molar-refractivity contribution is 0.0966. The minimum atomic E-state index is -0.0796. The van der Waals surface area contributed by atoms with Gasteiger partial charge in [-0.05, 0) is 23.8 Å². The normalized spacial score (nSPS) is 13.2. The maximum absolute atomic E-state index is 12.0. The number of rotatable bonds is 3. The number of hydrogen-bond acceptors (Lipinski definition) is 3. The van der Waals surface area contributed by atoms with Gasteiger partial charge in [-0.25, -0.2) is 0 Å². The van der Waals surface area contributed by atoms with E-state index < -0.39 is 0 Å². The van der Waals surface area contributed by atoms with Gasteiger partial charge in [-0.15, -0.1) is 0 Å². The Morgan fingerprint density at radius 2 is 2.18 bits per heavy atom. The number of aromatic amines is 1. The maximum atomic E-state index is 12.0. The molecule has 4 rings (SSSR count). The third-order valence-electron chi connectivity index (χ3n) is 3.90. The van der Waals surface area contributed by atoms with Crippen molar-refractivity contribution < 1.29 is 4.79 Å². The van der Waals surface area contributed by atoms with Gasteiger partial charge in [0, 0.05) is 34.7 Å². The first kappa shape index (κ1) is 13.2. The van der Waals surface area contributed by atoms with Crippen LogP contribution in [0.5, 0.6) is 0 Å². The molecule has 1 aromatic heterocycles. The number of aromatic nitrogens is 2. The van der Waals surface area contributed by atoms with Crippen LogP contribution >= 0.6 is 11.6 Å². The highest BCUT2D eigenvalue weighted by atomic mass is 35.5. The summed E-state index contributed by atoms with van der Waals surface area (Å²) in [6, 6.07) is 9.78. The number of carbonyl (C=O) groups is 1. The third-order valence-corrected chi connectivity index (χ3v) is 4.25. The molecule has 110 valence electrons. The van der Waals surface area contributed by atoms with Gasteiger partial charge in [-0.3, -0.25) is 9.89 Å². The van der Waals surface area contributed by atoms with Crippen LogP contribution in [0.15, 0.2) is 36.5 Å². The summed E-state index contributed by atoms with van der Waals surface area (Å²) in [7, 11) is 0. The molecular weight excluding hydrogens is 300 g/mol. The first-order valence-electron chi connectivity index (χ1n) is 6.98. The molecule has 0 unspecified atom stereocenters. The van der Waals surface area contributed by atoms with Gasteiger partial charge in [-0.1, -0.05) is 23.7 Å². The number of H-pyrrole nitrogens is 1. The average Bonchev–Trinajstić information content (AvgIpc) is 3.14. The van der Waals surface area contributed by atoms with Crippen LogP contribution in [0.4, 0.5) is 5.69 Å². The van der Waals surface area contributed by atoms with Gasteiger partial charge in [0.05, 0.1) is 17.3 Å². The molecule has 0 spiro atoms. The Balaban J connectivity index is 1.62. The molecule has 5 nitrogen and oxygen atoms in total. The SMILES string of the molecule is O=C1NCc2c(Cl)ccc(NCc3ccc4cn[nH]c4c3)c21. The minimum Gasteiger partial charge on any atom is -0.380 e. The van der Waals surface area contributed by atoms with Crippen molar-refractivity contribution in [3.8, 4) is 0 Å². The van der Waals surface area contributed by atoms with Crippen LogP contribution in [0.1, 0.15) is 21.5 Å². The van der Waals surface area contributed by atoms with Gasteiger partial charge in [0.15, 0.2) is 0 Å². The highest BCUT2D eigenvalue weighted by Gasteiger charge is 2.24. The average molecular weight is 313 g/mol. The zero-order chi connectivity index (χ0) is 15.1. The molecule has 1 aliphatic rings. The van der Waals surface area contributed by atoms with Gasteiger partial charge in [-0.2, -0.15) is 5.10 Å². The summed E-state index contributed by atoms with van der Waals surface area (Å²) in [6.45, 7) is 1.11. The third kappa shape index (κ3) is 2.10. The van der Waals surface area contributed by atoms with E-state index in [1.165, 1.54) is 0 Å². The zero-order valence-electron chi connectivity index (χ0n) is 11.6. The largest absolute Gasteiger partial charge is 0.380 e. The first-order chi connectivity index (χ1) is 10.7. The predicted molar refractivity (Wildman–Crippen MR) is 86.0 cm³/mol. The van der Waals surface area contributed by atoms with Crippen molar-refractivity contribution in [2.45, 2.75) is 13.1 Å². The molecule has 0 bridgehead atoms. The van der Waals surface area contributed by atoms with Crippen molar-refractivity contribution in [1.82, 2.24) is 15.5 Å². The predicted octanol–water partition coefficient (Wildman–Crippen LogP) is 3.07. The van der Waals surface area contributed by atoms with Crippen molar-refractivity contribution in [2.24, 2.45) is 0 Å². The summed E-state index contributed by atoms with van der Waals surface area (Å²) in [5, 5.41) is 14.8. The Kier molecular flexibility index (Phi) is 3.01. The number of halogens is 1. The van der Waals surface area contributed by atoms with Crippen molar-refractivity contribution in [2.75, 3.05) is 5.32 Å². The van der Waals surface area contributed by atoms with Gasteiger partial charge >= 0.3 is 0 Å². The molecular formula is C16H13ClN4O. The molecule has 1 amide bonds. The smallest absolute Gasteiger partial charge is 0.254 e. The van der Waals surface area contributed by atoms with E-state index >= 15 is 0 Å². The lowest BCUT2D eigenvalue weighted by Crippen LogP contribution is -2.14. The van der Waals surface area contributed by atoms with Gasteiger partial charge in [0.25, 0.3) is 5.91 Å². The lowest BCUT2D eigenvalue weighted by Gasteiger charge is -2.11. The number of carbonyl (C=O) groups excluding carboxylic acids is 1. The van der Waals surface area contributed by atoms with E-state index in [1.807, 2.05) is 30.3 Å². The highest BCUT2D eigenvalue weighted by molar-refractivity contribution is 6.32. The van der Waals surface area contributed by atoms with Gasteiger partial charge < -0.3 is 10.6 Å². The summed E-state index contributed by atoms with van der Waals surface area (Å²) in [5.41, 5.74) is 4.42. The summed E-state index contributed by atoms with van der Waals surface area (Å²) < 4.78 is 0. The summed E-state index contributed by atoms with van der Waals surface area (Å²) >= 11 is 6.15. The Bertz CT molecular complexity index is 887. The molecule has 3 N–H and O–H groups in total. The van der Waals surface area contributed by atoms with Crippen LogP contribution in [-0.4, -0.2) is 16.1 Å². The highest BCUT2D eigenvalue weighted by Crippen LogP contribution is 2.30. The van der Waals surface area contributed by atoms with Crippen LogP contribution in [0.3, 0.4) is 0 Å². The molecule has 0 saturated heterocycles. The van der Waals surface area contributed by atoms with Crippen molar-refractivity contribution in [3.63, 3.8) is 0 Å². The quantitative estimate of drug-likeness (QED) is 0.696. The Labute approximate surface area is 131 Å². The molecule has 0 radical (unpaired) electrons.